The van der Waals surface area contributed by atoms with Crippen molar-refractivity contribution >= 4 is 56.2 Å². The number of urea groups is 1. The van der Waals surface area contributed by atoms with Crippen LogP contribution in [0.3, 0.4) is 0 Å². The quantitative estimate of drug-likeness (QED) is 0.309. The van der Waals surface area contributed by atoms with E-state index in [4.69, 9.17) is 27.8 Å². The fourth-order valence-electron chi connectivity index (χ4n) is 3.86. The molecule has 0 atom stereocenters. The number of benzene rings is 2. The molecule has 174 valence electrons. The standard InChI is InChI=1S/C25H19ClN6O2S/c1-34-25-30-10-15(11-31-25)19-12-29-23(27)21-20(13-35-22(19)21)14-5-7-17(8-6-14)32(24(28)33)18-4-2-3-16(26)9-18/h2-13H,1H3,(H2,27,29)(H2,28,33). The van der Waals surface area contributed by atoms with Crippen LogP contribution in [-0.2, 0) is 0 Å². The lowest BCUT2D eigenvalue weighted by Crippen LogP contribution is -2.31. The second-order valence-electron chi connectivity index (χ2n) is 7.57. The number of anilines is 3. The Morgan fingerprint density at radius 2 is 1.71 bits per heavy atom. The van der Waals surface area contributed by atoms with Crippen molar-refractivity contribution in [3.8, 4) is 28.3 Å². The van der Waals surface area contributed by atoms with E-state index >= 15 is 0 Å². The summed E-state index contributed by atoms with van der Waals surface area (Å²) in [6.45, 7) is 0. The predicted molar refractivity (Wildman–Crippen MR) is 140 cm³/mol. The average molecular weight is 503 g/mol. The summed E-state index contributed by atoms with van der Waals surface area (Å²) in [7, 11) is 1.52. The van der Waals surface area contributed by atoms with E-state index in [9.17, 15) is 4.79 Å². The van der Waals surface area contributed by atoms with E-state index < -0.39 is 6.03 Å². The van der Waals surface area contributed by atoms with Gasteiger partial charge in [-0.3, -0.25) is 4.90 Å². The number of halogens is 1. The topological polar surface area (TPSA) is 120 Å². The predicted octanol–water partition coefficient (Wildman–Crippen LogP) is 5.88. The van der Waals surface area contributed by atoms with Crippen LogP contribution in [0, 0.1) is 0 Å². The van der Waals surface area contributed by atoms with Gasteiger partial charge < -0.3 is 16.2 Å². The van der Waals surface area contributed by atoms with Crippen molar-refractivity contribution < 1.29 is 9.53 Å². The van der Waals surface area contributed by atoms with Gasteiger partial charge in [-0.2, -0.15) is 0 Å². The molecule has 0 aliphatic heterocycles. The van der Waals surface area contributed by atoms with Gasteiger partial charge in [-0.05, 0) is 41.3 Å². The second-order valence-corrected chi connectivity index (χ2v) is 8.89. The molecule has 0 aliphatic rings. The molecule has 0 fully saturated rings. The first-order valence-corrected chi connectivity index (χ1v) is 11.7. The summed E-state index contributed by atoms with van der Waals surface area (Å²) in [5.74, 6) is 0.427. The summed E-state index contributed by atoms with van der Waals surface area (Å²) >= 11 is 7.67. The van der Waals surface area contributed by atoms with Crippen LogP contribution in [0.4, 0.5) is 22.0 Å². The summed E-state index contributed by atoms with van der Waals surface area (Å²) in [5.41, 5.74) is 16.7. The number of carbonyl (C=O) groups is 1. The average Bonchev–Trinajstić information content (AvgIpc) is 3.31. The number of methoxy groups -OCH3 is 1. The molecular weight excluding hydrogens is 484 g/mol. The van der Waals surface area contributed by atoms with Crippen molar-refractivity contribution in [3.05, 3.63) is 77.5 Å². The maximum absolute atomic E-state index is 12.2. The number of amides is 2. The zero-order chi connectivity index (χ0) is 24.5. The third-order valence-electron chi connectivity index (χ3n) is 5.47. The largest absolute Gasteiger partial charge is 0.467 e. The first-order valence-electron chi connectivity index (χ1n) is 10.4. The molecular formula is C25H19ClN6O2S. The van der Waals surface area contributed by atoms with Crippen LogP contribution in [0.25, 0.3) is 32.3 Å². The molecule has 0 saturated heterocycles. The van der Waals surface area contributed by atoms with Gasteiger partial charge in [0.15, 0.2) is 0 Å². The minimum absolute atomic E-state index is 0.295. The van der Waals surface area contributed by atoms with Gasteiger partial charge in [0.05, 0.1) is 18.5 Å². The summed E-state index contributed by atoms with van der Waals surface area (Å²) in [6.07, 6.45) is 5.11. The number of hydrogen-bond donors (Lipinski definition) is 2. The highest BCUT2D eigenvalue weighted by atomic mass is 35.5. The number of primary amides is 1. The van der Waals surface area contributed by atoms with E-state index in [0.717, 1.165) is 32.3 Å². The Hall–Kier alpha value is -4.21. The van der Waals surface area contributed by atoms with Crippen LogP contribution in [0.5, 0.6) is 6.01 Å². The van der Waals surface area contributed by atoms with Crippen molar-refractivity contribution in [3.63, 3.8) is 0 Å². The number of nitrogens with two attached hydrogens (primary N) is 2. The van der Waals surface area contributed by atoms with Gasteiger partial charge in [-0.25, -0.2) is 19.7 Å². The lowest BCUT2D eigenvalue weighted by molar-refractivity contribution is 0.256. The molecule has 10 heteroatoms. The molecule has 0 aliphatic carbocycles. The molecule has 8 nitrogen and oxygen atoms in total. The highest BCUT2D eigenvalue weighted by molar-refractivity contribution is 7.18. The molecule has 5 aromatic rings. The fourth-order valence-corrected chi connectivity index (χ4v) is 5.16. The van der Waals surface area contributed by atoms with E-state index in [2.05, 4.69) is 15.0 Å². The number of rotatable bonds is 5. The Morgan fingerprint density at radius 1 is 0.971 bits per heavy atom. The molecule has 0 unspecified atom stereocenters. The first kappa shape index (κ1) is 22.6. The van der Waals surface area contributed by atoms with Gasteiger partial charge in [0, 0.05) is 50.4 Å². The van der Waals surface area contributed by atoms with E-state index in [1.165, 1.54) is 12.0 Å². The summed E-state index contributed by atoms with van der Waals surface area (Å²) < 4.78 is 6.03. The molecule has 0 radical (unpaired) electrons. The molecule has 3 aromatic heterocycles. The monoisotopic (exact) mass is 502 g/mol. The molecule has 0 saturated carbocycles. The highest BCUT2D eigenvalue weighted by Crippen LogP contribution is 2.42. The molecule has 4 N–H and O–H groups in total. The van der Waals surface area contributed by atoms with E-state index in [1.807, 2.05) is 29.6 Å². The lowest BCUT2D eigenvalue weighted by atomic mass is 10.0. The number of nitrogen functional groups attached to an aromatic ring is 1. The number of pyridine rings is 1. The third kappa shape index (κ3) is 4.23. The molecule has 5 rings (SSSR count). The maximum atomic E-state index is 12.2. The minimum Gasteiger partial charge on any atom is -0.467 e. The number of nitrogens with zero attached hydrogens (tertiary/aromatic N) is 4. The summed E-state index contributed by atoms with van der Waals surface area (Å²) in [5, 5.41) is 3.39. The van der Waals surface area contributed by atoms with E-state index in [-0.39, 0.29) is 0 Å². The van der Waals surface area contributed by atoms with Crippen LogP contribution in [0.2, 0.25) is 5.02 Å². The number of carbonyl (C=O) groups excluding carboxylic acids is 1. The zero-order valence-electron chi connectivity index (χ0n) is 18.5. The lowest BCUT2D eigenvalue weighted by Gasteiger charge is -2.21. The fraction of sp³-hybridized carbons (Fsp3) is 0.0400. The van der Waals surface area contributed by atoms with Crippen LogP contribution < -0.4 is 21.1 Å². The van der Waals surface area contributed by atoms with Gasteiger partial charge >= 0.3 is 12.0 Å². The third-order valence-corrected chi connectivity index (χ3v) is 6.72. The molecule has 35 heavy (non-hydrogen) atoms. The number of ether oxygens (including phenoxy) is 1. The maximum Gasteiger partial charge on any atom is 0.323 e. The Morgan fingerprint density at radius 3 is 2.37 bits per heavy atom. The molecule has 2 aromatic carbocycles. The van der Waals surface area contributed by atoms with E-state index in [1.54, 1.807) is 54.2 Å². The highest BCUT2D eigenvalue weighted by Gasteiger charge is 2.18. The Kier molecular flexibility index (Phi) is 5.94. The molecule has 2 amide bonds. The number of fused-ring (bicyclic) bond motifs is 1. The van der Waals surface area contributed by atoms with Gasteiger partial charge in [-0.15, -0.1) is 11.3 Å². The van der Waals surface area contributed by atoms with Crippen molar-refractivity contribution in [1.82, 2.24) is 15.0 Å². The minimum atomic E-state index is -0.610. The SMILES string of the molecule is COc1ncc(-c2cnc(N)c3c(-c4ccc(N(C(N)=O)c5cccc(Cl)c5)cc4)csc23)cn1. The van der Waals surface area contributed by atoms with Crippen molar-refractivity contribution in [2.75, 3.05) is 17.7 Å². The van der Waals surface area contributed by atoms with Gasteiger partial charge in [0.25, 0.3) is 0 Å². The van der Waals surface area contributed by atoms with Gasteiger partial charge in [0.1, 0.15) is 5.82 Å². The van der Waals surface area contributed by atoms with Crippen LogP contribution in [-0.4, -0.2) is 28.1 Å². The van der Waals surface area contributed by atoms with Crippen molar-refractivity contribution in [1.29, 1.82) is 0 Å². The molecule has 0 bridgehead atoms. The number of thiophene rings is 1. The normalized spacial score (nSPS) is 10.9. The van der Waals surface area contributed by atoms with Crippen molar-refractivity contribution in [2.24, 2.45) is 5.73 Å². The van der Waals surface area contributed by atoms with Gasteiger partial charge in [-0.1, -0.05) is 29.8 Å². The Balaban J connectivity index is 1.55. The van der Waals surface area contributed by atoms with Crippen LogP contribution in [0.15, 0.2) is 72.5 Å². The second kappa shape index (κ2) is 9.21. The van der Waals surface area contributed by atoms with Gasteiger partial charge in [0.2, 0.25) is 0 Å². The number of hydrogen-bond acceptors (Lipinski definition) is 7. The molecule has 0 spiro atoms. The first-order chi connectivity index (χ1) is 17.0. The summed E-state index contributed by atoms with van der Waals surface area (Å²) in [4.78, 5) is 26.4. The Labute approximate surface area is 209 Å². The molecule has 3 heterocycles. The zero-order valence-corrected chi connectivity index (χ0v) is 20.0. The van der Waals surface area contributed by atoms with Crippen molar-refractivity contribution in [2.45, 2.75) is 0 Å². The smallest absolute Gasteiger partial charge is 0.323 e. The Bertz CT molecular complexity index is 1540. The summed E-state index contributed by atoms with van der Waals surface area (Å²) in [6, 6.07) is 14.1. The van der Waals surface area contributed by atoms with E-state index in [0.29, 0.717) is 28.2 Å². The number of aromatic nitrogens is 3. The van der Waals surface area contributed by atoms with Crippen LogP contribution in [0.1, 0.15) is 0 Å². The van der Waals surface area contributed by atoms with Crippen LogP contribution >= 0.6 is 22.9 Å².